The lowest BCUT2D eigenvalue weighted by Crippen LogP contribution is -2.44. The van der Waals surface area contributed by atoms with Crippen molar-refractivity contribution >= 4 is 23.6 Å². The molecular weight excluding hydrogens is 442 g/mol. The lowest BCUT2D eigenvalue weighted by atomic mass is 9.97. The molecule has 1 fully saturated rings. The quantitative estimate of drug-likeness (QED) is 0.557. The van der Waals surface area contributed by atoms with Crippen LogP contribution in [0.25, 0.3) is 17.1 Å². The maximum atomic E-state index is 12.9. The third kappa shape index (κ3) is 4.38. The predicted molar refractivity (Wildman–Crippen MR) is 122 cm³/mol. The Morgan fingerprint density at radius 2 is 1.91 bits per heavy atom. The number of thioether (sulfide) groups is 1. The minimum absolute atomic E-state index is 0.0433. The van der Waals surface area contributed by atoms with Crippen LogP contribution < -0.4 is 15.2 Å². The van der Waals surface area contributed by atoms with Gasteiger partial charge < -0.3 is 20.1 Å². The van der Waals surface area contributed by atoms with Crippen LogP contribution in [-0.2, 0) is 9.59 Å². The van der Waals surface area contributed by atoms with E-state index in [9.17, 15) is 9.59 Å². The molecule has 2 amide bonds. The average Bonchev–Trinajstić information content (AvgIpc) is 3.49. The maximum Gasteiger partial charge on any atom is 0.233 e. The molecule has 0 unspecified atom stereocenters. The zero-order valence-corrected chi connectivity index (χ0v) is 18.7. The van der Waals surface area contributed by atoms with E-state index >= 15 is 0 Å². The van der Waals surface area contributed by atoms with Crippen LogP contribution in [0.5, 0.6) is 11.5 Å². The average molecular weight is 466 g/mol. The largest absolute Gasteiger partial charge is 0.454 e. The van der Waals surface area contributed by atoms with E-state index in [0.29, 0.717) is 35.6 Å². The Morgan fingerprint density at radius 1 is 1.09 bits per heavy atom. The van der Waals surface area contributed by atoms with Gasteiger partial charge in [-0.25, -0.2) is 0 Å². The second kappa shape index (κ2) is 9.14. The number of nitrogens with zero attached hydrogens (tertiary/aromatic N) is 4. The summed E-state index contributed by atoms with van der Waals surface area (Å²) in [6.45, 7) is 1.21. The first-order valence-electron chi connectivity index (χ1n) is 10.7. The molecular formula is C23H23N5O4S. The van der Waals surface area contributed by atoms with Gasteiger partial charge in [-0.15, -0.1) is 10.2 Å². The van der Waals surface area contributed by atoms with Gasteiger partial charge in [-0.2, -0.15) is 0 Å². The van der Waals surface area contributed by atoms with Crippen LogP contribution in [0.3, 0.4) is 0 Å². The van der Waals surface area contributed by atoms with Crippen LogP contribution in [0.1, 0.15) is 12.8 Å². The zero-order valence-electron chi connectivity index (χ0n) is 17.8. The number of carbonyl (C=O) groups excluding carboxylic acids is 2. The summed E-state index contributed by atoms with van der Waals surface area (Å²) in [6.07, 6.45) is 1.51. The van der Waals surface area contributed by atoms with Gasteiger partial charge in [0.2, 0.25) is 18.6 Å². The molecule has 3 aromatic rings. The van der Waals surface area contributed by atoms with Gasteiger partial charge in [-0.3, -0.25) is 14.2 Å². The first kappa shape index (κ1) is 21.3. The van der Waals surface area contributed by atoms with Crippen LogP contribution in [0, 0.1) is 5.92 Å². The molecule has 2 aromatic carbocycles. The number of likely N-dealkylation sites (tertiary alicyclic amines) is 1. The van der Waals surface area contributed by atoms with Gasteiger partial charge in [-0.05, 0) is 43.2 Å². The summed E-state index contributed by atoms with van der Waals surface area (Å²) >= 11 is 1.32. The van der Waals surface area contributed by atoms with E-state index in [1.165, 1.54) is 11.8 Å². The Balaban J connectivity index is 1.40. The van der Waals surface area contributed by atoms with Crippen LogP contribution in [0.4, 0.5) is 0 Å². The van der Waals surface area contributed by atoms with E-state index in [2.05, 4.69) is 10.2 Å². The summed E-state index contributed by atoms with van der Waals surface area (Å²) in [5.74, 6) is 1.52. The summed E-state index contributed by atoms with van der Waals surface area (Å²) in [5, 5.41) is 9.41. The molecule has 0 saturated carbocycles. The number of amides is 2. The fourth-order valence-electron chi connectivity index (χ4n) is 4.05. The van der Waals surface area contributed by atoms with E-state index < -0.39 is 0 Å². The number of hydrogen-bond acceptors (Lipinski definition) is 7. The van der Waals surface area contributed by atoms with Crippen LogP contribution >= 0.6 is 11.8 Å². The van der Waals surface area contributed by atoms with Gasteiger partial charge >= 0.3 is 0 Å². The molecule has 0 radical (unpaired) electrons. The van der Waals surface area contributed by atoms with Gasteiger partial charge in [0.15, 0.2) is 22.5 Å². The van der Waals surface area contributed by atoms with Crippen LogP contribution in [-0.4, -0.2) is 57.1 Å². The standard InChI is InChI=1S/C23H23N5O4S/c24-21(30)16-5-4-10-27(12-16)20(29)13-33-23-26-25-22(28(23)17-6-2-1-3-7-17)15-8-9-18-19(11-15)32-14-31-18/h1-3,6-9,11,16H,4-5,10,12-14H2,(H2,24,30)/t16-/m0/s1. The molecule has 9 nitrogen and oxygen atoms in total. The molecule has 33 heavy (non-hydrogen) atoms. The van der Waals surface area contributed by atoms with E-state index in [1.807, 2.05) is 53.1 Å². The van der Waals surface area contributed by atoms with Crippen molar-refractivity contribution in [3.8, 4) is 28.6 Å². The molecule has 0 spiro atoms. The number of piperidine rings is 1. The number of hydrogen-bond donors (Lipinski definition) is 1. The van der Waals surface area contributed by atoms with Gasteiger partial charge in [0.1, 0.15) is 0 Å². The molecule has 0 aliphatic carbocycles. The molecule has 1 saturated heterocycles. The number of fused-ring (bicyclic) bond motifs is 1. The zero-order chi connectivity index (χ0) is 22.8. The Kier molecular flexibility index (Phi) is 5.91. The minimum atomic E-state index is -0.350. The fraction of sp³-hybridized carbons (Fsp3) is 0.304. The monoisotopic (exact) mass is 465 g/mol. The second-order valence-electron chi connectivity index (χ2n) is 7.92. The Morgan fingerprint density at radius 3 is 2.73 bits per heavy atom. The predicted octanol–water partition coefficient (Wildman–Crippen LogP) is 2.48. The first-order valence-corrected chi connectivity index (χ1v) is 11.7. The lowest BCUT2D eigenvalue weighted by Gasteiger charge is -2.31. The Labute approximate surface area is 194 Å². The van der Waals surface area contributed by atoms with Crippen molar-refractivity contribution in [1.29, 1.82) is 0 Å². The molecule has 1 atom stereocenters. The summed E-state index contributed by atoms with van der Waals surface area (Å²) < 4.78 is 12.9. The highest BCUT2D eigenvalue weighted by molar-refractivity contribution is 7.99. The molecule has 0 bridgehead atoms. The van der Waals surface area contributed by atoms with Crippen molar-refractivity contribution in [2.24, 2.45) is 11.7 Å². The highest BCUT2D eigenvalue weighted by Gasteiger charge is 2.27. The topological polar surface area (TPSA) is 113 Å². The second-order valence-corrected chi connectivity index (χ2v) is 8.86. The smallest absolute Gasteiger partial charge is 0.233 e. The summed E-state index contributed by atoms with van der Waals surface area (Å²) in [7, 11) is 0. The number of carbonyl (C=O) groups is 2. The molecule has 170 valence electrons. The Bertz CT molecular complexity index is 1180. The normalized spacial score (nSPS) is 17.2. The molecule has 2 aliphatic heterocycles. The fourth-order valence-corrected chi connectivity index (χ4v) is 4.90. The number of primary amides is 1. The lowest BCUT2D eigenvalue weighted by molar-refractivity contribution is -0.132. The van der Waals surface area contributed by atoms with Gasteiger partial charge in [0, 0.05) is 24.3 Å². The number of rotatable bonds is 6. The van der Waals surface area contributed by atoms with Crippen LogP contribution in [0.2, 0.25) is 0 Å². The molecule has 2 aliphatic rings. The maximum absolute atomic E-state index is 12.9. The van der Waals surface area contributed by atoms with Crippen molar-refractivity contribution < 1.29 is 19.1 Å². The third-order valence-corrected chi connectivity index (χ3v) is 6.69. The highest BCUT2D eigenvalue weighted by atomic mass is 32.2. The summed E-state index contributed by atoms with van der Waals surface area (Å²) in [4.78, 5) is 26.1. The van der Waals surface area contributed by atoms with Gasteiger partial charge in [-0.1, -0.05) is 30.0 Å². The minimum Gasteiger partial charge on any atom is -0.454 e. The van der Waals surface area contributed by atoms with Crippen LogP contribution in [0.15, 0.2) is 53.7 Å². The third-order valence-electron chi connectivity index (χ3n) is 5.78. The number of para-hydroxylation sites is 1. The van der Waals surface area contributed by atoms with Crippen molar-refractivity contribution in [3.05, 3.63) is 48.5 Å². The van der Waals surface area contributed by atoms with E-state index in [0.717, 1.165) is 24.1 Å². The summed E-state index contributed by atoms with van der Waals surface area (Å²) in [6, 6.07) is 15.4. The first-order chi connectivity index (χ1) is 16.1. The van der Waals surface area contributed by atoms with E-state index in [-0.39, 0.29) is 30.3 Å². The van der Waals surface area contributed by atoms with E-state index in [1.54, 1.807) is 4.90 Å². The molecule has 1 aromatic heterocycles. The molecule has 2 N–H and O–H groups in total. The van der Waals surface area contributed by atoms with Gasteiger partial charge in [0.05, 0.1) is 11.7 Å². The number of benzene rings is 2. The van der Waals surface area contributed by atoms with Gasteiger partial charge in [0.25, 0.3) is 0 Å². The Hall–Kier alpha value is -3.53. The molecule has 3 heterocycles. The molecule has 5 rings (SSSR count). The number of ether oxygens (including phenoxy) is 2. The van der Waals surface area contributed by atoms with Crippen molar-refractivity contribution in [1.82, 2.24) is 19.7 Å². The van der Waals surface area contributed by atoms with Crippen molar-refractivity contribution in [2.45, 2.75) is 18.0 Å². The van der Waals surface area contributed by atoms with Crippen molar-refractivity contribution in [3.63, 3.8) is 0 Å². The number of aromatic nitrogens is 3. The number of nitrogens with two attached hydrogens (primary N) is 1. The van der Waals surface area contributed by atoms with E-state index in [4.69, 9.17) is 15.2 Å². The molecule has 10 heteroatoms. The summed E-state index contributed by atoms with van der Waals surface area (Å²) in [5.41, 5.74) is 7.16. The van der Waals surface area contributed by atoms with Crippen molar-refractivity contribution in [2.75, 3.05) is 25.6 Å². The SMILES string of the molecule is NC(=O)[C@H]1CCCN(C(=O)CSc2nnc(-c3ccc4c(c3)OCO4)n2-c2ccccc2)C1. The highest BCUT2D eigenvalue weighted by Crippen LogP contribution is 2.37.